The largest absolute Gasteiger partial charge is 0.359 e. The second kappa shape index (κ2) is 6.76. The van der Waals surface area contributed by atoms with Gasteiger partial charge in [-0.3, -0.25) is 4.79 Å². The van der Waals surface area contributed by atoms with Crippen LogP contribution in [0.3, 0.4) is 0 Å². The molecule has 0 spiro atoms. The Labute approximate surface area is 90.9 Å². The minimum atomic E-state index is 0.223. The van der Waals surface area contributed by atoms with Crippen LogP contribution in [0.15, 0.2) is 0 Å². The zero-order valence-electron chi connectivity index (χ0n) is 9.57. The highest BCUT2D eigenvalue weighted by Gasteiger charge is 2.18. The average Bonchev–Trinajstić information content (AvgIpc) is 2.38. The summed E-state index contributed by atoms with van der Waals surface area (Å²) in [5, 5.41) is 0. The molecule has 5 heteroatoms. The Bertz CT molecular complexity index is 199. The molecule has 0 aromatic rings. The molecule has 0 bridgehead atoms. The average molecular weight is 216 g/mol. The molecular formula is C10H20N2O3. The molecule has 0 radical (unpaired) electrons. The fraction of sp³-hybridized carbons (Fsp3) is 0.900. The normalized spacial score (nSPS) is 19.3. The van der Waals surface area contributed by atoms with Crippen LogP contribution < -0.4 is 0 Å². The first-order chi connectivity index (χ1) is 7.24. The van der Waals surface area contributed by atoms with Gasteiger partial charge in [-0.2, -0.15) is 0 Å². The van der Waals surface area contributed by atoms with E-state index in [2.05, 4.69) is 4.90 Å². The summed E-state index contributed by atoms with van der Waals surface area (Å²) in [6.45, 7) is 4.09. The van der Waals surface area contributed by atoms with Crippen molar-refractivity contribution in [2.24, 2.45) is 0 Å². The number of amides is 1. The number of ether oxygens (including phenoxy) is 2. The molecule has 1 fully saturated rings. The van der Waals surface area contributed by atoms with Crippen LogP contribution in [-0.2, 0) is 14.3 Å². The number of nitrogens with zero attached hydrogens (tertiary/aromatic N) is 2. The van der Waals surface area contributed by atoms with E-state index in [0.29, 0.717) is 26.4 Å². The molecule has 0 unspecified atom stereocenters. The van der Waals surface area contributed by atoms with Gasteiger partial charge in [0.05, 0.1) is 6.61 Å². The van der Waals surface area contributed by atoms with Crippen molar-refractivity contribution in [3.63, 3.8) is 0 Å². The van der Waals surface area contributed by atoms with Crippen molar-refractivity contribution < 1.29 is 14.3 Å². The van der Waals surface area contributed by atoms with E-state index < -0.39 is 0 Å². The van der Waals surface area contributed by atoms with Gasteiger partial charge in [0.2, 0.25) is 5.91 Å². The van der Waals surface area contributed by atoms with Gasteiger partial charge in [0, 0.05) is 39.7 Å². The summed E-state index contributed by atoms with van der Waals surface area (Å²) in [4.78, 5) is 15.7. The molecule has 0 saturated carbocycles. The molecular weight excluding hydrogens is 196 g/mol. The van der Waals surface area contributed by atoms with E-state index in [9.17, 15) is 4.79 Å². The Hall–Kier alpha value is -0.650. The summed E-state index contributed by atoms with van der Waals surface area (Å²) in [5.74, 6) is 0.223. The quantitative estimate of drug-likeness (QED) is 0.470. The van der Waals surface area contributed by atoms with Crippen molar-refractivity contribution in [1.82, 2.24) is 9.80 Å². The molecule has 0 aromatic carbocycles. The zero-order chi connectivity index (χ0) is 11.1. The van der Waals surface area contributed by atoms with Crippen molar-refractivity contribution in [3.8, 4) is 0 Å². The fourth-order valence-electron chi connectivity index (χ4n) is 1.53. The highest BCUT2D eigenvalue weighted by Crippen LogP contribution is 2.02. The number of methoxy groups -OCH3 is 1. The Morgan fingerprint density at radius 3 is 2.87 bits per heavy atom. The SMILES string of the molecule is COCOCCN1CCN(C)CCC1=O. The van der Waals surface area contributed by atoms with Crippen molar-refractivity contribution >= 4 is 5.91 Å². The van der Waals surface area contributed by atoms with Crippen LogP contribution in [0.2, 0.25) is 0 Å². The maximum Gasteiger partial charge on any atom is 0.223 e. The van der Waals surface area contributed by atoms with Gasteiger partial charge in [0.25, 0.3) is 0 Å². The van der Waals surface area contributed by atoms with E-state index in [0.717, 1.165) is 19.6 Å². The van der Waals surface area contributed by atoms with E-state index in [1.807, 2.05) is 11.9 Å². The Morgan fingerprint density at radius 1 is 1.33 bits per heavy atom. The summed E-state index contributed by atoms with van der Waals surface area (Å²) in [5.41, 5.74) is 0. The van der Waals surface area contributed by atoms with Crippen LogP contribution in [0.1, 0.15) is 6.42 Å². The first-order valence-corrected chi connectivity index (χ1v) is 5.27. The number of carbonyl (C=O) groups is 1. The van der Waals surface area contributed by atoms with Crippen LogP contribution in [0.25, 0.3) is 0 Å². The predicted octanol–water partition coefficient (Wildman–Crippen LogP) is -0.229. The molecule has 1 amide bonds. The van der Waals surface area contributed by atoms with E-state index in [1.54, 1.807) is 7.11 Å². The van der Waals surface area contributed by atoms with E-state index in [-0.39, 0.29) is 5.91 Å². The standard InChI is InChI=1S/C10H20N2O3/c1-11-4-3-10(13)12(6-5-11)7-8-15-9-14-2/h3-9H2,1-2H3. The summed E-state index contributed by atoms with van der Waals surface area (Å²) >= 11 is 0. The molecule has 1 aliphatic heterocycles. The smallest absolute Gasteiger partial charge is 0.223 e. The lowest BCUT2D eigenvalue weighted by Crippen LogP contribution is -2.35. The van der Waals surface area contributed by atoms with Gasteiger partial charge < -0.3 is 19.3 Å². The molecule has 0 atom stereocenters. The summed E-state index contributed by atoms with van der Waals surface area (Å²) in [6, 6.07) is 0. The van der Waals surface area contributed by atoms with Gasteiger partial charge in [-0.05, 0) is 7.05 Å². The molecule has 1 heterocycles. The third-order valence-corrected chi connectivity index (χ3v) is 2.52. The Morgan fingerprint density at radius 2 is 2.13 bits per heavy atom. The van der Waals surface area contributed by atoms with Crippen LogP contribution >= 0.6 is 0 Å². The van der Waals surface area contributed by atoms with Gasteiger partial charge >= 0.3 is 0 Å². The number of hydrogen-bond acceptors (Lipinski definition) is 4. The molecule has 15 heavy (non-hydrogen) atoms. The van der Waals surface area contributed by atoms with Gasteiger partial charge in [-0.25, -0.2) is 0 Å². The molecule has 5 nitrogen and oxygen atoms in total. The Kier molecular flexibility index (Phi) is 5.60. The second-order valence-electron chi connectivity index (χ2n) is 3.75. The maximum atomic E-state index is 11.6. The van der Waals surface area contributed by atoms with Gasteiger partial charge in [-0.1, -0.05) is 0 Å². The van der Waals surface area contributed by atoms with E-state index >= 15 is 0 Å². The molecule has 1 saturated heterocycles. The maximum absolute atomic E-state index is 11.6. The van der Waals surface area contributed by atoms with E-state index in [1.165, 1.54) is 0 Å². The molecule has 1 rings (SSSR count). The highest BCUT2D eigenvalue weighted by molar-refractivity contribution is 5.76. The van der Waals surface area contributed by atoms with Crippen molar-refractivity contribution in [3.05, 3.63) is 0 Å². The minimum absolute atomic E-state index is 0.223. The van der Waals surface area contributed by atoms with Crippen LogP contribution in [-0.4, -0.2) is 69.4 Å². The van der Waals surface area contributed by atoms with Crippen LogP contribution in [0.5, 0.6) is 0 Å². The number of carbonyl (C=O) groups excluding carboxylic acids is 1. The Balaban J connectivity index is 2.23. The molecule has 88 valence electrons. The van der Waals surface area contributed by atoms with Gasteiger partial charge in [-0.15, -0.1) is 0 Å². The van der Waals surface area contributed by atoms with Crippen LogP contribution in [0.4, 0.5) is 0 Å². The lowest BCUT2D eigenvalue weighted by Gasteiger charge is -2.20. The zero-order valence-corrected chi connectivity index (χ0v) is 9.57. The second-order valence-corrected chi connectivity index (χ2v) is 3.75. The monoisotopic (exact) mass is 216 g/mol. The summed E-state index contributed by atoms with van der Waals surface area (Å²) in [7, 11) is 3.63. The van der Waals surface area contributed by atoms with Gasteiger partial charge in [0.15, 0.2) is 0 Å². The van der Waals surface area contributed by atoms with Crippen molar-refractivity contribution in [2.45, 2.75) is 6.42 Å². The molecule has 0 aromatic heterocycles. The number of likely N-dealkylation sites (N-methyl/N-ethyl adjacent to an activating group) is 1. The third kappa shape index (κ3) is 4.59. The first kappa shape index (κ1) is 12.4. The fourth-order valence-corrected chi connectivity index (χ4v) is 1.53. The molecule has 0 N–H and O–H groups in total. The summed E-state index contributed by atoms with van der Waals surface area (Å²) < 4.78 is 9.94. The van der Waals surface area contributed by atoms with Gasteiger partial charge in [0.1, 0.15) is 6.79 Å². The molecule has 0 aliphatic carbocycles. The number of rotatable bonds is 5. The van der Waals surface area contributed by atoms with E-state index in [4.69, 9.17) is 9.47 Å². The topological polar surface area (TPSA) is 42.0 Å². The molecule has 1 aliphatic rings. The minimum Gasteiger partial charge on any atom is -0.359 e. The summed E-state index contributed by atoms with van der Waals surface area (Å²) in [6.07, 6.45) is 0.612. The van der Waals surface area contributed by atoms with Crippen molar-refractivity contribution in [2.75, 3.05) is 53.7 Å². The first-order valence-electron chi connectivity index (χ1n) is 5.27. The van der Waals surface area contributed by atoms with Crippen LogP contribution in [0, 0.1) is 0 Å². The lowest BCUT2D eigenvalue weighted by atomic mass is 10.3. The third-order valence-electron chi connectivity index (χ3n) is 2.52. The predicted molar refractivity (Wildman–Crippen MR) is 56.5 cm³/mol. The lowest BCUT2D eigenvalue weighted by molar-refractivity contribution is -0.131. The highest BCUT2D eigenvalue weighted by atomic mass is 16.7. The number of hydrogen-bond donors (Lipinski definition) is 0. The van der Waals surface area contributed by atoms with Crippen molar-refractivity contribution in [1.29, 1.82) is 0 Å².